The van der Waals surface area contributed by atoms with E-state index in [-0.39, 0.29) is 5.92 Å². The number of nitrogen functional groups attached to an aromatic ring is 1. The predicted octanol–water partition coefficient (Wildman–Crippen LogP) is 2.47. The van der Waals surface area contributed by atoms with Crippen LogP contribution in [0.4, 0.5) is 11.4 Å². The highest BCUT2D eigenvalue weighted by atomic mass is 32.1. The molecule has 17 heavy (non-hydrogen) atoms. The van der Waals surface area contributed by atoms with Crippen molar-refractivity contribution in [1.29, 1.82) is 5.26 Å². The lowest BCUT2D eigenvalue weighted by Gasteiger charge is -2.22. The monoisotopic (exact) mass is 246 g/mol. The number of nitriles is 1. The molecule has 0 amide bonds. The number of benzene rings is 1. The number of nitrogens with zero attached hydrogens (tertiary/aromatic N) is 3. The van der Waals surface area contributed by atoms with Crippen molar-refractivity contribution in [2.75, 3.05) is 24.2 Å². The summed E-state index contributed by atoms with van der Waals surface area (Å²) in [5.74, 6) is -0.0227. The lowest BCUT2D eigenvalue weighted by molar-refractivity contribution is 0.717. The van der Waals surface area contributed by atoms with E-state index in [9.17, 15) is 0 Å². The molecule has 0 saturated heterocycles. The average Bonchev–Trinajstić information content (AvgIpc) is 2.78. The summed E-state index contributed by atoms with van der Waals surface area (Å²) in [5.41, 5.74) is 10.4. The third kappa shape index (κ3) is 2.17. The smallest absolute Gasteiger partial charge is 0.106 e. The minimum absolute atomic E-state index is 0.0227. The molecule has 2 N–H and O–H groups in total. The van der Waals surface area contributed by atoms with Crippen molar-refractivity contribution in [1.82, 2.24) is 4.98 Å². The molecule has 0 spiro atoms. The van der Waals surface area contributed by atoms with Crippen molar-refractivity contribution in [2.24, 2.45) is 5.92 Å². The molecule has 0 fully saturated rings. The number of rotatable bonds is 3. The lowest BCUT2D eigenvalue weighted by Crippen LogP contribution is -2.24. The zero-order valence-corrected chi connectivity index (χ0v) is 10.7. The Morgan fingerprint density at radius 1 is 1.59 bits per heavy atom. The fraction of sp³-hybridized carbons (Fsp3) is 0.333. The third-order valence-electron chi connectivity index (χ3n) is 2.70. The minimum atomic E-state index is -0.0227. The van der Waals surface area contributed by atoms with Crippen molar-refractivity contribution in [3.63, 3.8) is 0 Å². The second kappa shape index (κ2) is 4.60. The first kappa shape index (κ1) is 11.7. The van der Waals surface area contributed by atoms with Gasteiger partial charge in [0.25, 0.3) is 0 Å². The molecule has 0 bridgehead atoms. The van der Waals surface area contributed by atoms with Crippen LogP contribution in [0.1, 0.15) is 6.92 Å². The lowest BCUT2D eigenvalue weighted by atomic mass is 10.1. The van der Waals surface area contributed by atoms with Crippen LogP contribution in [0, 0.1) is 17.2 Å². The van der Waals surface area contributed by atoms with E-state index in [0.717, 1.165) is 15.9 Å². The van der Waals surface area contributed by atoms with E-state index in [2.05, 4.69) is 11.1 Å². The Kier molecular flexibility index (Phi) is 3.16. The summed E-state index contributed by atoms with van der Waals surface area (Å²) in [6, 6.07) is 6.23. The largest absolute Gasteiger partial charge is 0.395 e. The molecule has 0 aliphatic carbocycles. The third-order valence-corrected chi connectivity index (χ3v) is 3.49. The van der Waals surface area contributed by atoms with Crippen LogP contribution in [0.15, 0.2) is 17.6 Å². The van der Waals surface area contributed by atoms with Crippen LogP contribution in [0.2, 0.25) is 0 Å². The van der Waals surface area contributed by atoms with Gasteiger partial charge in [0.2, 0.25) is 0 Å². The summed E-state index contributed by atoms with van der Waals surface area (Å²) >= 11 is 1.58. The molecular formula is C12H14N4S. The van der Waals surface area contributed by atoms with Gasteiger partial charge in [-0.2, -0.15) is 5.26 Å². The van der Waals surface area contributed by atoms with Gasteiger partial charge in [0, 0.05) is 13.6 Å². The van der Waals surface area contributed by atoms with Crippen molar-refractivity contribution in [2.45, 2.75) is 6.92 Å². The van der Waals surface area contributed by atoms with Crippen LogP contribution in [0.3, 0.4) is 0 Å². The maximum absolute atomic E-state index is 8.82. The van der Waals surface area contributed by atoms with Crippen molar-refractivity contribution in [3.05, 3.63) is 17.6 Å². The molecule has 0 aliphatic heterocycles. The van der Waals surface area contributed by atoms with Gasteiger partial charge in [-0.3, -0.25) is 0 Å². The molecule has 0 aliphatic rings. The summed E-state index contributed by atoms with van der Waals surface area (Å²) in [5, 5.41) is 8.82. The molecule has 2 rings (SSSR count). The number of fused-ring (bicyclic) bond motifs is 1. The first-order chi connectivity index (χ1) is 8.13. The highest BCUT2D eigenvalue weighted by Crippen LogP contribution is 2.32. The van der Waals surface area contributed by atoms with Gasteiger partial charge < -0.3 is 10.6 Å². The maximum atomic E-state index is 8.82. The number of thiazole rings is 1. The molecule has 4 nitrogen and oxygen atoms in total. The van der Waals surface area contributed by atoms with E-state index in [0.29, 0.717) is 12.2 Å². The normalized spacial score (nSPS) is 12.3. The van der Waals surface area contributed by atoms with E-state index in [4.69, 9.17) is 11.0 Å². The molecule has 0 radical (unpaired) electrons. The van der Waals surface area contributed by atoms with Crippen LogP contribution in [-0.2, 0) is 0 Å². The maximum Gasteiger partial charge on any atom is 0.106 e. The van der Waals surface area contributed by atoms with Crippen molar-refractivity contribution >= 4 is 32.9 Å². The molecule has 1 aromatic carbocycles. The van der Waals surface area contributed by atoms with Gasteiger partial charge in [-0.05, 0) is 19.1 Å². The van der Waals surface area contributed by atoms with Gasteiger partial charge in [0.15, 0.2) is 0 Å². The molecule has 1 heterocycles. The highest BCUT2D eigenvalue weighted by molar-refractivity contribution is 7.16. The van der Waals surface area contributed by atoms with Gasteiger partial charge in [-0.15, -0.1) is 11.3 Å². The van der Waals surface area contributed by atoms with E-state index < -0.39 is 0 Å². The van der Waals surface area contributed by atoms with Crippen LogP contribution < -0.4 is 10.6 Å². The topological polar surface area (TPSA) is 65.9 Å². The number of aromatic nitrogens is 1. The number of nitrogens with two attached hydrogens (primary N) is 1. The number of hydrogen-bond acceptors (Lipinski definition) is 5. The first-order valence-electron chi connectivity index (χ1n) is 5.36. The average molecular weight is 246 g/mol. The minimum Gasteiger partial charge on any atom is -0.395 e. The van der Waals surface area contributed by atoms with Crippen molar-refractivity contribution < 1.29 is 0 Å². The molecule has 1 unspecified atom stereocenters. The summed E-state index contributed by atoms with van der Waals surface area (Å²) in [4.78, 5) is 6.26. The molecular weight excluding hydrogens is 232 g/mol. The van der Waals surface area contributed by atoms with E-state index in [1.165, 1.54) is 0 Å². The SMILES string of the molecule is CC(C#N)CN(C)c1ccc2scnc2c1N. The number of hydrogen-bond donors (Lipinski definition) is 1. The highest BCUT2D eigenvalue weighted by Gasteiger charge is 2.12. The standard InChI is InChI=1S/C12H14N4S/c1-8(5-13)6-16(2)9-3-4-10-12(11(9)14)15-7-17-10/h3-4,7-8H,6,14H2,1-2H3. The van der Waals surface area contributed by atoms with Gasteiger partial charge >= 0.3 is 0 Å². The van der Waals surface area contributed by atoms with Crippen LogP contribution in [-0.4, -0.2) is 18.6 Å². The molecule has 0 saturated carbocycles. The quantitative estimate of drug-likeness (QED) is 0.845. The van der Waals surface area contributed by atoms with E-state index in [1.54, 1.807) is 16.8 Å². The summed E-state index contributed by atoms with van der Waals surface area (Å²) in [6.07, 6.45) is 0. The Balaban J connectivity index is 2.35. The summed E-state index contributed by atoms with van der Waals surface area (Å²) in [6.45, 7) is 2.56. The predicted molar refractivity (Wildman–Crippen MR) is 72.1 cm³/mol. The zero-order chi connectivity index (χ0) is 12.4. The Hall–Kier alpha value is -1.80. The summed E-state index contributed by atoms with van der Waals surface area (Å²) < 4.78 is 1.09. The van der Waals surface area contributed by atoms with Crippen molar-refractivity contribution in [3.8, 4) is 6.07 Å². The first-order valence-corrected chi connectivity index (χ1v) is 6.24. The Bertz CT molecular complexity index is 569. The summed E-state index contributed by atoms with van der Waals surface area (Å²) in [7, 11) is 1.94. The van der Waals surface area contributed by atoms with Gasteiger partial charge in [0.1, 0.15) is 5.52 Å². The molecule has 2 aromatic rings. The van der Waals surface area contributed by atoms with Gasteiger partial charge in [0.05, 0.1) is 33.6 Å². The Morgan fingerprint density at radius 3 is 3.06 bits per heavy atom. The second-order valence-electron chi connectivity index (χ2n) is 4.11. The molecule has 1 atom stereocenters. The molecule has 1 aromatic heterocycles. The van der Waals surface area contributed by atoms with E-state index >= 15 is 0 Å². The second-order valence-corrected chi connectivity index (χ2v) is 4.99. The van der Waals surface area contributed by atoms with Crippen LogP contribution in [0.25, 0.3) is 10.2 Å². The number of anilines is 2. The van der Waals surface area contributed by atoms with Gasteiger partial charge in [-0.1, -0.05) is 0 Å². The zero-order valence-electron chi connectivity index (χ0n) is 9.84. The Labute approximate surface area is 104 Å². The fourth-order valence-corrected chi connectivity index (χ4v) is 2.52. The fourth-order valence-electron chi connectivity index (χ4n) is 1.82. The van der Waals surface area contributed by atoms with Gasteiger partial charge in [-0.25, -0.2) is 4.98 Å². The van der Waals surface area contributed by atoms with Crippen LogP contribution >= 0.6 is 11.3 Å². The van der Waals surface area contributed by atoms with Crippen LogP contribution in [0.5, 0.6) is 0 Å². The molecule has 5 heteroatoms. The van der Waals surface area contributed by atoms with E-state index in [1.807, 2.05) is 31.0 Å². The molecule has 88 valence electrons. The Morgan fingerprint density at radius 2 is 2.35 bits per heavy atom.